The molecule has 2 aromatic rings. The van der Waals surface area contributed by atoms with Gasteiger partial charge in [0.25, 0.3) is 5.56 Å². The van der Waals surface area contributed by atoms with Gasteiger partial charge < -0.3 is 10.0 Å². The zero-order valence-corrected chi connectivity index (χ0v) is 13.9. The van der Waals surface area contributed by atoms with Gasteiger partial charge >= 0.3 is 0 Å². The summed E-state index contributed by atoms with van der Waals surface area (Å²) in [5, 5.41) is 11.0. The minimum absolute atomic E-state index is 0.0700. The van der Waals surface area contributed by atoms with E-state index in [0.29, 0.717) is 29.8 Å². The largest absolute Gasteiger partial charge is 0.390 e. The zero-order valence-electron chi connectivity index (χ0n) is 13.9. The van der Waals surface area contributed by atoms with E-state index in [-0.39, 0.29) is 5.56 Å². The molecular formula is C18H25N3O2. The van der Waals surface area contributed by atoms with Crippen LogP contribution in [-0.2, 0) is 6.54 Å². The van der Waals surface area contributed by atoms with Gasteiger partial charge in [-0.2, -0.15) is 0 Å². The summed E-state index contributed by atoms with van der Waals surface area (Å²) >= 11 is 0. The van der Waals surface area contributed by atoms with Crippen LogP contribution in [0.15, 0.2) is 29.1 Å². The van der Waals surface area contributed by atoms with Gasteiger partial charge in [0, 0.05) is 6.54 Å². The smallest absolute Gasteiger partial charge is 0.261 e. The quantitative estimate of drug-likeness (QED) is 0.935. The van der Waals surface area contributed by atoms with Crippen molar-refractivity contribution in [2.75, 3.05) is 19.6 Å². The van der Waals surface area contributed by atoms with E-state index in [2.05, 4.69) is 16.8 Å². The number of para-hydroxylation sites is 1. The molecule has 0 radical (unpaired) electrons. The summed E-state index contributed by atoms with van der Waals surface area (Å²) in [4.78, 5) is 19.4. The Hall–Kier alpha value is -1.72. The van der Waals surface area contributed by atoms with E-state index in [1.54, 1.807) is 10.6 Å². The van der Waals surface area contributed by atoms with Crippen molar-refractivity contribution in [2.45, 2.75) is 39.3 Å². The third-order valence-electron chi connectivity index (χ3n) is 4.79. The normalized spacial score (nSPS) is 18.4. The summed E-state index contributed by atoms with van der Waals surface area (Å²) in [6.45, 7) is 7.07. The maximum atomic E-state index is 12.6. The van der Waals surface area contributed by atoms with Crippen molar-refractivity contribution in [1.82, 2.24) is 14.5 Å². The molecule has 1 fully saturated rings. The van der Waals surface area contributed by atoms with Crippen molar-refractivity contribution in [1.29, 1.82) is 0 Å². The molecule has 1 saturated heterocycles. The molecule has 1 N–H and O–H groups in total. The number of aliphatic hydroxyl groups excluding tert-OH is 1. The molecular weight excluding hydrogens is 290 g/mol. The van der Waals surface area contributed by atoms with Crippen molar-refractivity contribution in [2.24, 2.45) is 5.92 Å². The Labute approximate surface area is 136 Å². The lowest BCUT2D eigenvalue weighted by Crippen LogP contribution is -2.41. The fourth-order valence-electron chi connectivity index (χ4n) is 3.31. The van der Waals surface area contributed by atoms with Crippen LogP contribution < -0.4 is 5.56 Å². The zero-order chi connectivity index (χ0) is 16.4. The summed E-state index contributed by atoms with van der Waals surface area (Å²) in [5.74, 6) is 1.43. The molecule has 1 atom stereocenters. The molecule has 0 aliphatic carbocycles. The maximum Gasteiger partial charge on any atom is 0.261 e. The van der Waals surface area contributed by atoms with Gasteiger partial charge in [-0.3, -0.25) is 9.36 Å². The fourth-order valence-corrected chi connectivity index (χ4v) is 3.31. The number of hydrogen-bond donors (Lipinski definition) is 1. The van der Waals surface area contributed by atoms with Crippen molar-refractivity contribution in [3.8, 4) is 0 Å². The van der Waals surface area contributed by atoms with E-state index in [9.17, 15) is 9.90 Å². The van der Waals surface area contributed by atoms with Gasteiger partial charge in [0.1, 0.15) is 5.82 Å². The molecule has 1 aromatic carbocycles. The van der Waals surface area contributed by atoms with Gasteiger partial charge in [0.2, 0.25) is 0 Å². The first-order chi connectivity index (χ1) is 11.0. The van der Waals surface area contributed by atoms with Gasteiger partial charge in [-0.05, 0) is 50.9 Å². The molecule has 0 amide bonds. The summed E-state index contributed by atoms with van der Waals surface area (Å²) < 4.78 is 1.60. The second-order valence-electron chi connectivity index (χ2n) is 6.73. The average molecular weight is 315 g/mol. The van der Waals surface area contributed by atoms with Crippen LogP contribution in [0, 0.1) is 12.8 Å². The number of nitrogens with zero attached hydrogens (tertiary/aromatic N) is 3. The van der Waals surface area contributed by atoms with Crippen LogP contribution in [0.3, 0.4) is 0 Å². The third-order valence-corrected chi connectivity index (χ3v) is 4.79. The van der Waals surface area contributed by atoms with Crippen LogP contribution in [0.25, 0.3) is 10.9 Å². The van der Waals surface area contributed by atoms with Crippen molar-refractivity contribution in [3.63, 3.8) is 0 Å². The second-order valence-corrected chi connectivity index (χ2v) is 6.73. The lowest BCUT2D eigenvalue weighted by Gasteiger charge is -2.31. The minimum atomic E-state index is -0.553. The summed E-state index contributed by atoms with van der Waals surface area (Å²) in [7, 11) is 0. The first-order valence-electron chi connectivity index (χ1n) is 8.41. The highest BCUT2D eigenvalue weighted by Crippen LogP contribution is 2.16. The number of benzene rings is 1. The molecule has 5 nitrogen and oxygen atoms in total. The molecule has 23 heavy (non-hydrogen) atoms. The van der Waals surface area contributed by atoms with Crippen LogP contribution in [0.5, 0.6) is 0 Å². The highest BCUT2D eigenvalue weighted by Gasteiger charge is 2.19. The number of aryl methyl sites for hydroxylation is 1. The van der Waals surface area contributed by atoms with Crippen molar-refractivity contribution in [3.05, 3.63) is 40.4 Å². The van der Waals surface area contributed by atoms with Crippen LogP contribution in [0.2, 0.25) is 0 Å². The lowest BCUT2D eigenvalue weighted by atomic mass is 9.99. The van der Waals surface area contributed by atoms with E-state index in [1.807, 2.05) is 25.1 Å². The molecule has 0 spiro atoms. The topological polar surface area (TPSA) is 58.4 Å². The monoisotopic (exact) mass is 315 g/mol. The number of hydrogen-bond acceptors (Lipinski definition) is 4. The summed E-state index contributed by atoms with van der Waals surface area (Å²) in [6, 6.07) is 7.36. The summed E-state index contributed by atoms with van der Waals surface area (Å²) in [5.41, 5.74) is 0.644. The first kappa shape index (κ1) is 16.1. The number of fused-ring (bicyclic) bond motifs is 1. The number of β-amino-alcohol motifs (C(OH)–C–C–N with tert-alkyl or cyclic N) is 1. The highest BCUT2D eigenvalue weighted by atomic mass is 16.3. The Morgan fingerprint density at radius 1 is 1.26 bits per heavy atom. The molecule has 3 rings (SSSR count). The first-order valence-corrected chi connectivity index (χ1v) is 8.41. The number of aliphatic hydroxyl groups is 1. The Morgan fingerprint density at radius 2 is 1.96 bits per heavy atom. The number of likely N-dealkylation sites (tertiary alicyclic amines) is 1. The van der Waals surface area contributed by atoms with Gasteiger partial charge in [0.05, 0.1) is 23.6 Å². The average Bonchev–Trinajstić information content (AvgIpc) is 2.54. The third kappa shape index (κ3) is 3.62. The second kappa shape index (κ2) is 6.81. The molecule has 2 heterocycles. The van der Waals surface area contributed by atoms with Crippen LogP contribution in [-0.4, -0.2) is 45.3 Å². The number of rotatable bonds is 4. The highest BCUT2D eigenvalue weighted by molar-refractivity contribution is 5.77. The standard InChI is InChI=1S/C18H25N3O2/c1-13-7-9-20(10-8-13)11-15(22)12-21-14(2)19-17-6-4-3-5-16(17)18(21)23/h3-6,13,15,22H,7-12H2,1-2H3/t15-/m0/s1. The molecule has 124 valence electrons. The van der Waals surface area contributed by atoms with Crippen LogP contribution >= 0.6 is 0 Å². The van der Waals surface area contributed by atoms with Crippen LogP contribution in [0.1, 0.15) is 25.6 Å². The Kier molecular flexibility index (Phi) is 4.78. The van der Waals surface area contributed by atoms with Gasteiger partial charge in [0.15, 0.2) is 0 Å². The maximum absolute atomic E-state index is 12.6. The van der Waals surface area contributed by atoms with E-state index in [1.165, 1.54) is 12.8 Å². The van der Waals surface area contributed by atoms with E-state index >= 15 is 0 Å². The number of piperidine rings is 1. The molecule has 1 aromatic heterocycles. The van der Waals surface area contributed by atoms with E-state index in [0.717, 1.165) is 19.0 Å². The lowest BCUT2D eigenvalue weighted by molar-refractivity contribution is 0.0789. The molecule has 1 aliphatic heterocycles. The number of aromatic nitrogens is 2. The van der Waals surface area contributed by atoms with Gasteiger partial charge in [-0.15, -0.1) is 0 Å². The molecule has 0 bridgehead atoms. The minimum Gasteiger partial charge on any atom is -0.390 e. The molecule has 0 unspecified atom stereocenters. The van der Waals surface area contributed by atoms with Crippen LogP contribution in [0.4, 0.5) is 0 Å². The summed E-state index contributed by atoms with van der Waals surface area (Å²) in [6.07, 6.45) is 1.81. The molecule has 0 saturated carbocycles. The molecule has 5 heteroatoms. The Bertz CT molecular complexity index is 733. The molecule has 1 aliphatic rings. The SMILES string of the molecule is Cc1nc2ccccc2c(=O)n1C[C@@H](O)CN1CCC(C)CC1. The van der Waals surface area contributed by atoms with Crippen molar-refractivity contribution < 1.29 is 5.11 Å². The predicted octanol–water partition coefficient (Wildman–Crippen LogP) is 1.80. The van der Waals surface area contributed by atoms with E-state index in [4.69, 9.17) is 0 Å². The van der Waals surface area contributed by atoms with Gasteiger partial charge in [-0.25, -0.2) is 4.98 Å². The van der Waals surface area contributed by atoms with E-state index < -0.39 is 6.10 Å². The fraction of sp³-hybridized carbons (Fsp3) is 0.556. The van der Waals surface area contributed by atoms with Crippen molar-refractivity contribution >= 4 is 10.9 Å². The van der Waals surface area contributed by atoms with Gasteiger partial charge in [-0.1, -0.05) is 19.1 Å². The Balaban J connectivity index is 1.74. The Morgan fingerprint density at radius 3 is 2.70 bits per heavy atom. The predicted molar refractivity (Wildman–Crippen MR) is 91.6 cm³/mol.